The van der Waals surface area contributed by atoms with Gasteiger partial charge in [0.15, 0.2) is 0 Å². The molecule has 1 saturated carbocycles. The molecule has 2 unspecified atom stereocenters. The number of aromatic amines is 1. The van der Waals surface area contributed by atoms with Crippen molar-refractivity contribution in [1.29, 1.82) is 0 Å². The summed E-state index contributed by atoms with van der Waals surface area (Å²) in [6.07, 6.45) is 1.57. The number of alkyl halides is 2. The first-order valence-corrected chi connectivity index (χ1v) is 5.09. The summed E-state index contributed by atoms with van der Waals surface area (Å²) in [7, 11) is 0. The van der Waals surface area contributed by atoms with Crippen LogP contribution in [0.1, 0.15) is 18.2 Å². The Hall–Kier alpha value is -1.46. The normalized spacial score (nSPS) is 26.5. The summed E-state index contributed by atoms with van der Waals surface area (Å²) >= 11 is 0. The zero-order chi connectivity index (χ0) is 11.9. The van der Waals surface area contributed by atoms with Crippen LogP contribution in [0.5, 0.6) is 0 Å². The molecule has 0 aromatic carbocycles. The first-order chi connectivity index (χ1) is 7.44. The molecule has 6 heteroatoms. The molecule has 0 aliphatic heterocycles. The van der Waals surface area contributed by atoms with Gasteiger partial charge in [0.1, 0.15) is 5.92 Å². The number of aryl methyl sites for hydroxylation is 1. The van der Waals surface area contributed by atoms with E-state index >= 15 is 0 Å². The molecule has 2 rings (SSSR count). The molecule has 0 radical (unpaired) electrons. The average Bonchev–Trinajstić information content (AvgIpc) is 2.58. The van der Waals surface area contributed by atoms with Crippen molar-refractivity contribution in [3.63, 3.8) is 0 Å². The number of H-pyrrole nitrogens is 1. The molecular weight excluding hydrogens is 216 g/mol. The number of nitrogens with one attached hydrogen (secondary N) is 2. The van der Waals surface area contributed by atoms with Crippen molar-refractivity contribution >= 4 is 5.91 Å². The maximum absolute atomic E-state index is 12.9. The lowest BCUT2D eigenvalue weighted by atomic mass is 10.2. The van der Waals surface area contributed by atoms with E-state index in [9.17, 15) is 13.6 Å². The predicted octanol–water partition coefficient (Wildman–Crippen LogP) is 1.24. The molecule has 1 aromatic rings. The highest BCUT2D eigenvalue weighted by molar-refractivity contribution is 5.83. The van der Waals surface area contributed by atoms with Crippen molar-refractivity contribution in [1.82, 2.24) is 15.5 Å². The number of hydrogen-bond acceptors (Lipinski definition) is 2. The van der Waals surface area contributed by atoms with Gasteiger partial charge >= 0.3 is 0 Å². The van der Waals surface area contributed by atoms with Gasteiger partial charge in [0.05, 0.1) is 6.20 Å². The third kappa shape index (κ3) is 1.68. The Balaban J connectivity index is 1.89. The molecule has 1 aliphatic rings. The molecule has 2 atom stereocenters. The van der Waals surface area contributed by atoms with Gasteiger partial charge in [0.2, 0.25) is 5.91 Å². The number of nitrogens with zero attached hydrogens (tertiary/aromatic N) is 1. The Morgan fingerprint density at radius 3 is 2.75 bits per heavy atom. The van der Waals surface area contributed by atoms with E-state index in [1.165, 1.54) is 6.92 Å². The van der Waals surface area contributed by atoms with Crippen molar-refractivity contribution in [2.75, 3.05) is 0 Å². The van der Waals surface area contributed by atoms with Crippen molar-refractivity contribution < 1.29 is 13.6 Å². The summed E-state index contributed by atoms with van der Waals surface area (Å²) in [6, 6.07) is 0. The molecule has 1 aromatic heterocycles. The minimum absolute atomic E-state index is 0.237. The molecule has 1 fully saturated rings. The number of rotatable bonds is 3. The Morgan fingerprint density at radius 2 is 2.31 bits per heavy atom. The van der Waals surface area contributed by atoms with E-state index in [2.05, 4.69) is 15.5 Å². The third-order valence-corrected chi connectivity index (χ3v) is 3.08. The molecule has 0 saturated heterocycles. The molecule has 4 nitrogen and oxygen atoms in total. The number of carbonyl (C=O) groups excluding carboxylic acids is 1. The molecule has 0 bridgehead atoms. The highest BCUT2D eigenvalue weighted by Crippen LogP contribution is 2.54. The van der Waals surface area contributed by atoms with E-state index in [0.717, 1.165) is 11.3 Å². The second-order valence-corrected chi connectivity index (χ2v) is 4.18. The lowest BCUT2D eigenvalue weighted by Crippen LogP contribution is -2.26. The van der Waals surface area contributed by atoms with Crippen molar-refractivity contribution in [3.8, 4) is 0 Å². The van der Waals surface area contributed by atoms with Crippen LogP contribution in [-0.4, -0.2) is 22.0 Å². The topological polar surface area (TPSA) is 57.8 Å². The zero-order valence-electron chi connectivity index (χ0n) is 9.05. The molecule has 2 N–H and O–H groups in total. The minimum atomic E-state index is -2.84. The van der Waals surface area contributed by atoms with E-state index in [1.807, 2.05) is 6.92 Å². The van der Waals surface area contributed by atoms with E-state index < -0.39 is 23.7 Å². The first-order valence-electron chi connectivity index (χ1n) is 5.09. The van der Waals surface area contributed by atoms with E-state index in [1.54, 1.807) is 6.20 Å². The fourth-order valence-electron chi connectivity index (χ4n) is 1.73. The van der Waals surface area contributed by atoms with E-state index in [4.69, 9.17) is 0 Å². The number of amides is 1. The maximum Gasteiger partial charge on any atom is 0.263 e. The number of carbonyl (C=O) groups is 1. The Morgan fingerprint density at radius 1 is 1.69 bits per heavy atom. The van der Waals surface area contributed by atoms with Crippen LogP contribution in [0.25, 0.3) is 0 Å². The number of halogens is 2. The fraction of sp³-hybridized carbons (Fsp3) is 0.600. The van der Waals surface area contributed by atoms with Crippen LogP contribution < -0.4 is 5.32 Å². The SMILES string of the molecule is Cc1[nH]ncc1CNC(=O)C1C(C)C1(F)F. The van der Waals surface area contributed by atoms with Gasteiger partial charge in [-0.3, -0.25) is 9.89 Å². The van der Waals surface area contributed by atoms with Crippen molar-refractivity contribution in [3.05, 3.63) is 17.5 Å². The van der Waals surface area contributed by atoms with Gasteiger partial charge in [-0.05, 0) is 6.92 Å². The third-order valence-electron chi connectivity index (χ3n) is 3.08. The van der Waals surface area contributed by atoms with E-state index in [-0.39, 0.29) is 6.54 Å². The standard InChI is InChI=1S/C10H13F2N3O/c1-5-8(10(5,11)12)9(16)13-3-7-4-14-15-6(7)2/h4-5,8H,3H2,1-2H3,(H,13,16)(H,14,15). The van der Waals surface area contributed by atoms with Crippen LogP contribution in [0, 0.1) is 18.8 Å². The lowest BCUT2D eigenvalue weighted by Gasteiger charge is -2.03. The van der Waals surface area contributed by atoms with Gasteiger partial charge in [0.25, 0.3) is 5.92 Å². The Kier molecular flexibility index (Phi) is 2.44. The quantitative estimate of drug-likeness (QED) is 0.819. The van der Waals surface area contributed by atoms with Crippen LogP contribution in [0.3, 0.4) is 0 Å². The second-order valence-electron chi connectivity index (χ2n) is 4.18. The maximum atomic E-state index is 12.9. The Bertz CT molecular complexity index is 416. The zero-order valence-corrected chi connectivity index (χ0v) is 9.05. The largest absolute Gasteiger partial charge is 0.351 e. The predicted molar refractivity (Wildman–Crippen MR) is 52.8 cm³/mol. The number of hydrogen-bond donors (Lipinski definition) is 2. The molecule has 1 amide bonds. The van der Waals surface area contributed by atoms with Crippen LogP contribution in [0.2, 0.25) is 0 Å². The van der Waals surface area contributed by atoms with Crippen LogP contribution in [-0.2, 0) is 11.3 Å². The molecular formula is C10H13F2N3O. The summed E-state index contributed by atoms with van der Waals surface area (Å²) < 4.78 is 25.8. The summed E-state index contributed by atoms with van der Waals surface area (Å²) in [5.41, 5.74) is 1.64. The van der Waals surface area contributed by atoms with Crippen molar-refractivity contribution in [2.45, 2.75) is 26.3 Å². The van der Waals surface area contributed by atoms with Gasteiger partial charge < -0.3 is 5.32 Å². The second kappa shape index (κ2) is 3.54. The summed E-state index contributed by atoms with van der Waals surface area (Å²) in [5.74, 6) is -5.44. The summed E-state index contributed by atoms with van der Waals surface area (Å²) in [6.45, 7) is 3.43. The highest BCUT2D eigenvalue weighted by Gasteiger charge is 2.69. The van der Waals surface area contributed by atoms with Crippen LogP contribution in [0.15, 0.2) is 6.20 Å². The highest BCUT2D eigenvalue weighted by atomic mass is 19.3. The van der Waals surface area contributed by atoms with Crippen LogP contribution in [0.4, 0.5) is 8.78 Å². The molecule has 0 spiro atoms. The first kappa shape index (κ1) is 11.0. The molecule has 1 aliphatic carbocycles. The van der Waals surface area contributed by atoms with Crippen LogP contribution >= 0.6 is 0 Å². The van der Waals surface area contributed by atoms with Gasteiger partial charge in [-0.1, -0.05) is 6.92 Å². The Labute approximate surface area is 91.4 Å². The van der Waals surface area contributed by atoms with Gasteiger partial charge in [-0.15, -0.1) is 0 Å². The lowest BCUT2D eigenvalue weighted by molar-refractivity contribution is -0.124. The molecule has 1 heterocycles. The molecule has 16 heavy (non-hydrogen) atoms. The minimum Gasteiger partial charge on any atom is -0.351 e. The fourth-order valence-corrected chi connectivity index (χ4v) is 1.73. The van der Waals surface area contributed by atoms with Gasteiger partial charge in [-0.25, -0.2) is 8.78 Å². The van der Waals surface area contributed by atoms with E-state index in [0.29, 0.717) is 0 Å². The average molecular weight is 229 g/mol. The molecule has 88 valence electrons. The monoisotopic (exact) mass is 229 g/mol. The summed E-state index contributed by atoms with van der Waals surface area (Å²) in [5, 5.41) is 8.99. The van der Waals surface area contributed by atoms with Crippen molar-refractivity contribution in [2.24, 2.45) is 11.8 Å². The van der Waals surface area contributed by atoms with Gasteiger partial charge in [-0.2, -0.15) is 5.10 Å². The smallest absolute Gasteiger partial charge is 0.263 e. The summed E-state index contributed by atoms with van der Waals surface area (Å²) in [4.78, 5) is 11.4. The number of aromatic nitrogens is 2. The van der Waals surface area contributed by atoms with Gasteiger partial charge in [0, 0.05) is 23.7 Å².